The summed E-state index contributed by atoms with van der Waals surface area (Å²) in [6.45, 7) is -0.447. The Hall–Kier alpha value is -3.53. The van der Waals surface area contributed by atoms with E-state index in [-0.39, 0.29) is 48.2 Å². The van der Waals surface area contributed by atoms with E-state index >= 15 is 0 Å². The zero-order valence-electron chi connectivity index (χ0n) is 14.9. The van der Waals surface area contributed by atoms with Gasteiger partial charge in [-0.1, -0.05) is 18.2 Å². The first-order chi connectivity index (χ1) is 14.1. The third-order valence-electron chi connectivity index (χ3n) is 4.09. The van der Waals surface area contributed by atoms with Crippen LogP contribution in [-0.2, 0) is 6.54 Å². The van der Waals surface area contributed by atoms with Crippen LogP contribution in [0.1, 0.15) is 5.56 Å². The molecule has 10 heteroatoms. The van der Waals surface area contributed by atoms with Crippen molar-refractivity contribution in [1.82, 2.24) is 24.7 Å². The number of aliphatic hydroxyl groups is 1. The minimum Gasteiger partial charge on any atom is -0.473 e. The van der Waals surface area contributed by atoms with Gasteiger partial charge in [0.1, 0.15) is 23.9 Å². The third-order valence-corrected chi connectivity index (χ3v) is 4.09. The average Bonchev–Trinajstić information content (AvgIpc) is 3.06. The van der Waals surface area contributed by atoms with Crippen LogP contribution in [0.4, 0.5) is 13.2 Å². The molecule has 1 aromatic carbocycles. The van der Waals surface area contributed by atoms with Crippen molar-refractivity contribution in [3.8, 4) is 17.4 Å². The average molecular weight is 401 g/mol. The largest absolute Gasteiger partial charge is 0.473 e. The lowest BCUT2D eigenvalue weighted by atomic mass is 10.2. The van der Waals surface area contributed by atoms with Gasteiger partial charge < -0.3 is 9.84 Å². The highest BCUT2D eigenvalue weighted by Gasteiger charge is 2.19. The predicted molar refractivity (Wildman–Crippen MR) is 96.6 cm³/mol. The van der Waals surface area contributed by atoms with Crippen LogP contribution in [0.15, 0.2) is 42.7 Å². The molecule has 0 unspecified atom stereocenters. The maximum atomic E-state index is 14.1. The summed E-state index contributed by atoms with van der Waals surface area (Å²) >= 11 is 0. The number of pyridine rings is 1. The Morgan fingerprint density at radius 3 is 2.66 bits per heavy atom. The highest BCUT2D eigenvalue weighted by atomic mass is 19.1. The van der Waals surface area contributed by atoms with E-state index < -0.39 is 17.5 Å². The van der Waals surface area contributed by atoms with E-state index in [1.807, 2.05) is 0 Å². The van der Waals surface area contributed by atoms with E-state index in [1.54, 1.807) is 18.2 Å². The topological polar surface area (TPSA) is 86.0 Å². The molecular formula is C19H14F3N5O2. The fourth-order valence-corrected chi connectivity index (χ4v) is 2.81. The van der Waals surface area contributed by atoms with E-state index in [2.05, 4.69) is 20.1 Å². The highest BCUT2D eigenvalue weighted by Crippen LogP contribution is 2.27. The normalized spacial score (nSPS) is 11.2. The summed E-state index contributed by atoms with van der Waals surface area (Å²) < 4.78 is 48.2. The minimum atomic E-state index is -0.818. The number of benzene rings is 1. The molecule has 3 aromatic heterocycles. The van der Waals surface area contributed by atoms with Gasteiger partial charge in [0.2, 0.25) is 5.82 Å². The van der Waals surface area contributed by atoms with Crippen LogP contribution in [0.2, 0.25) is 0 Å². The predicted octanol–water partition coefficient (Wildman–Crippen LogP) is 2.73. The summed E-state index contributed by atoms with van der Waals surface area (Å²) in [5.74, 6) is -2.24. The molecule has 148 valence electrons. The highest BCUT2D eigenvalue weighted by molar-refractivity contribution is 5.89. The Labute approximate surface area is 162 Å². The van der Waals surface area contributed by atoms with Crippen LogP contribution < -0.4 is 4.74 Å². The molecule has 0 aliphatic carbocycles. The van der Waals surface area contributed by atoms with Gasteiger partial charge in [-0.3, -0.25) is 0 Å². The number of aliphatic hydroxyl groups excluding tert-OH is 1. The van der Waals surface area contributed by atoms with Gasteiger partial charge in [-0.15, -0.1) is 0 Å². The first kappa shape index (κ1) is 18.8. The molecule has 0 fully saturated rings. The first-order valence-electron chi connectivity index (χ1n) is 8.59. The number of hydrogen-bond donors (Lipinski definition) is 1. The van der Waals surface area contributed by atoms with Gasteiger partial charge in [-0.25, -0.2) is 23.4 Å². The SMILES string of the molecule is OCCOc1nc(-c2nn(Cc3ccccc3F)c3ncc(F)cc23)ncc1F. The van der Waals surface area contributed by atoms with E-state index in [4.69, 9.17) is 9.84 Å². The first-order valence-corrected chi connectivity index (χ1v) is 8.59. The van der Waals surface area contributed by atoms with Gasteiger partial charge in [0.05, 0.1) is 30.9 Å². The quantitative estimate of drug-likeness (QED) is 0.535. The molecular weight excluding hydrogens is 387 g/mol. The van der Waals surface area contributed by atoms with Crippen molar-refractivity contribution in [2.45, 2.75) is 6.54 Å². The Morgan fingerprint density at radius 1 is 1.03 bits per heavy atom. The number of halogens is 3. The molecule has 29 heavy (non-hydrogen) atoms. The molecule has 0 aliphatic heterocycles. The number of rotatable bonds is 6. The number of aromatic nitrogens is 5. The monoisotopic (exact) mass is 401 g/mol. The second-order valence-corrected chi connectivity index (χ2v) is 6.04. The van der Waals surface area contributed by atoms with Gasteiger partial charge in [0.15, 0.2) is 11.5 Å². The molecule has 0 spiro atoms. The molecule has 0 bridgehead atoms. The van der Waals surface area contributed by atoms with Crippen molar-refractivity contribution in [1.29, 1.82) is 0 Å². The van der Waals surface area contributed by atoms with E-state index in [9.17, 15) is 13.2 Å². The van der Waals surface area contributed by atoms with Crippen molar-refractivity contribution in [2.75, 3.05) is 13.2 Å². The van der Waals surface area contributed by atoms with Crippen LogP contribution in [-0.4, -0.2) is 43.1 Å². The van der Waals surface area contributed by atoms with Crippen molar-refractivity contribution >= 4 is 11.0 Å². The summed E-state index contributed by atoms with van der Waals surface area (Å²) in [5, 5.41) is 13.5. The molecule has 0 saturated heterocycles. The second kappa shape index (κ2) is 7.84. The van der Waals surface area contributed by atoms with Gasteiger partial charge in [-0.2, -0.15) is 14.5 Å². The molecule has 4 aromatic rings. The van der Waals surface area contributed by atoms with Crippen LogP contribution in [0.5, 0.6) is 5.88 Å². The van der Waals surface area contributed by atoms with Gasteiger partial charge in [-0.05, 0) is 12.1 Å². The molecule has 3 heterocycles. The molecule has 0 aliphatic rings. The molecule has 0 amide bonds. The molecule has 1 N–H and O–H groups in total. The summed E-state index contributed by atoms with van der Waals surface area (Å²) in [6, 6.07) is 7.37. The van der Waals surface area contributed by atoms with Gasteiger partial charge >= 0.3 is 0 Å². The molecule has 7 nitrogen and oxygen atoms in total. The van der Waals surface area contributed by atoms with Crippen LogP contribution in [0, 0.1) is 17.5 Å². The lowest BCUT2D eigenvalue weighted by Crippen LogP contribution is -2.07. The summed E-state index contributed by atoms with van der Waals surface area (Å²) in [4.78, 5) is 11.9. The molecule has 0 atom stereocenters. The standard InChI is InChI=1S/C19H14F3N5O2/c20-12-7-13-16(17-23-9-15(22)19(25-17)29-6-5-28)26-27(18(13)24-8-12)10-11-3-1-2-4-14(11)21/h1-4,7-9,28H,5-6,10H2. The fourth-order valence-electron chi connectivity index (χ4n) is 2.81. The van der Waals surface area contributed by atoms with E-state index in [0.29, 0.717) is 5.56 Å². The van der Waals surface area contributed by atoms with Gasteiger partial charge in [0.25, 0.3) is 5.88 Å². The van der Waals surface area contributed by atoms with Crippen LogP contribution in [0.25, 0.3) is 22.6 Å². The maximum absolute atomic E-state index is 14.1. The van der Waals surface area contributed by atoms with Crippen LogP contribution in [0.3, 0.4) is 0 Å². The fraction of sp³-hybridized carbons (Fsp3) is 0.158. The number of hydrogen-bond acceptors (Lipinski definition) is 6. The number of fused-ring (bicyclic) bond motifs is 1. The molecule has 0 radical (unpaired) electrons. The Kier molecular flexibility index (Phi) is 5.09. The van der Waals surface area contributed by atoms with E-state index in [0.717, 1.165) is 12.4 Å². The Morgan fingerprint density at radius 2 is 1.86 bits per heavy atom. The zero-order chi connectivity index (χ0) is 20.4. The zero-order valence-corrected chi connectivity index (χ0v) is 14.9. The summed E-state index contributed by atoms with van der Waals surface area (Å²) in [6.07, 6.45) is 1.91. The van der Waals surface area contributed by atoms with Crippen molar-refractivity contribution in [3.63, 3.8) is 0 Å². The van der Waals surface area contributed by atoms with Crippen molar-refractivity contribution < 1.29 is 23.0 Å². The maximum Gasteiger partial charge on any atom is 0.254 e. The van der Waals surface area contributed by atoms with Crippen LogP contribution >= 0.6 is 0 Å². The lowest BCUT2D eigenvalue weighted by molar-refractivity contribution is 0.191. The molecule has 0 saturated carbocycles. The Bertz CT molecular complexity index is 1180. The molecule has 4 rings (SSSR count). The second-order valence-electron chi connectivity index (χ2n) is 6.04. The van der Waals surface area contributed by atoms with Crippen molar-refractivity contribution in [2.24, 2.45) is 0 Å². The number of ether oxygens (including phenoxy) is 1. The summed E-state index contributed by atoms with van der Waals surface area (Å²) in [7, 11) is 0. The summed E-state index contributed by atoms with van der Waals surface area (Å²) in [5.41, 5.74) is 0.786. The smallest absolute Gasteiger partial charge is 0.254 e. The van der Waals surface area contributed by atoms with Crippen molar-refractivity contribution in [3.05, 3.63) is 65.7 Å². The van der Waals surface area contributed by atoms with Gasteiger partial charge in [0, 0.05) is 5.56 Å². The van der Waals surface area contributed by atoms with E-state index in [1.165, 1.54) is 16.8 Å². The third kappa shape index (κ3) is 3.74. The Balaban J connectivity index is 1.83. The number of nitrogens with zero attached hydrogens (tertiary/aromatic N) is 5. The minimum absolute atomic E-state index is 0.0241. The lowest BCUT2D eigenvalue weighted by Gasteiger charge is -2.05.